The van der Waals surface area contributed by atoms with Gasteiger partial charge in [0.15, 0.2) is 0 Å². The number of benzene rings is 3. The molecular weight excluding hydrogens is 360 g/mol. The Morgan fingerprint density at radius 1 is 0.963 bits per heavy atom. The van der Waals surface area contributed by atoms with Crippen LogP contribution in [0.1, 0.15) is 18.4 Å². The lowest BCUT2D eigenvalue weighted by atomic mass is 10.0. The molecule has 0 amide bonds. The Morgan fingerprint density at radius 2 is 1.74 bits per heavy atom. The second-order valence-corrected chi connectivity index (χ2v) is 8.52. The van der Waals surface area contributed by atoms with E-state index in [-0.39, 0.29) is 10.6 Å². The number of aliphatic imine (C=N–C) groups is 1. The molecule has 0 aromatic heterocycles. The van der Waals surface area contributed by atoms with Crippen molar-refractivity contribution in [3.63, 3.8) is 0 Å². The monoisotopic (exact) mass is 380 g/mol. The molecule has 3 aromatic rings. The average Bonchev–Trinajstić information content (AvgIpc) is 3.23. The third kappa shape index (κ3) is 3.46. The Labute approximate surface area is 158 Å². The Hall–Kier alpha value is -2.70. The van der Waals surface area contributed by atoms with E-state index in [2.05, 4.69) is 4.99 Å². The molecule has 0 bridgehead atoms. The van der Waals surface area contributed by atoms with Crippen molar-refractivity contribution >= 4 is 32.7 Å². The molecule has 1 aliphatic heterocycles. The van der Waals surface area contributed by atoms with Gasteiger partial charge in [-0.15, -0.1) is 0 Å². The Kier molecular flexibility index (Phi) is 4.68. The van der Waals surface area contributed by atoms with Gasteiger partial charge in [0.2, 0.25) is 10.0 Å². The van der Waals surface area contributed by atoms with Crippen LogP contribution in [0.25, 0.3) is 10.8 Å². The van der Waals surface area contributed by atoms with Crippen molar-refractivity contribution in [3.05, 3.63) is 66.2 Å². The molecule has 5 nitrogen and oxygen atoms in total. The van der Waals surface area contributed by atoms with E-state index >= 15 is 0 Å². The number of rotatable bonds is 4. The number of phenolic OH excluding ortho intramolecular Hbond substituents is 1. The molecule has 6 heteroatoms. The van der Waals surface area contributed by atoms with Gasteiger partial charge >= 0.3 is 0 Å². The van der Waals surface area contributed by atoms with Gasteiger partial charge in [-0.3, -0.25) is 4.99 Å². The van der Waals surface area contributed by atoms with Crippen LogP contribution in [0.2, 0.25) is 0 Å². The lowest BCUT2D eigenvalue weighted by Gasteiger charge is -2.15. The Balaban J connectivity index is 1.69. The predicted molar refractivity (Wildman–Crippen MR) is 107 cm³/mol. The Morgan fingerprint density at radius 3 is 2.56 bits per heavy atom. The van der Waals surface area contributed by atoms with Gasteiger partial charge in [-0.25, -0.2) is 8.42 Å². The predicted octanol–water partition coefficient (Wildman–Crippen LogP) is 4.08. The number of hydrogen-bond donors (Lipinski definition) is 1. The van der Waals surface area contributed by atoms with E-state index in [9.17, 15) is 13.5 Å². The van der Waals surface area contributed by atoms with Crippen molar-refractivity contribution in [2.45, 2.75) is 17.7 Å². The molecule has 0 unspecified atom stereocenters. The minimum atomic E-state index is -3.48. The van der Waals surface area contributed by atoms with Crippen molar-refractivity contribution in [2.75, 3.05) is 13.1 Å². The molecule has 1 heterocycles. The summed E-state index contributed by atoms with van der Waals surface area (Å²) >= 11 is 0. The van der Waals surface area contributed by atoms with Crippen LogP contribution in [0.4, 0.5) is 5.69 Å². The number of phenols is 1. The number of sulfonamides is 1. The first-order valence-corrected chi connectivity index (χ1v) is 10.3. The van der Waals surface area contributed by atoms with E-state index in [1.165, 1.54) is 4.31 Å². The van der Waals surface area contributed by atoms with Crippen molar-refractivity contribution in [1.29, 1.82) is 0 Å². The molecule has 1 aliphatic rings. The normalized spacial score (nSPS) is 15.7. The molecule has 3 aromatic carbocycles. The first-order chi connectivity index (χ1) is 13.1. The maximum Gasteiger partial charge on any atom is 0.243 e. The van der Waals surface area contributed by atoms with Gasteiger partial charge < -0.3 is 5.11 Å². The lowest BCUT2D eigenvalue weighted by Crippen LogP contribution is -2.27. The van der Waals surface area contributed by atoms with Crippen LogP contribution >= 0.6 is 0 Å². The largest absolute Gasteiger partial charge is 0.507 e. The summed E-state index contributed by atoms with van der Waals surface area (Å²) in [6.07, 6.45) is 3.38. The van der Waals surface area contributed by atoms with Gasteiger partial charge in [-0.2, -0.15) is 4.31 Å². The fourth-order valence-corrected chi connectivity index (χ4v) is 4.92. The minimum Gasteiger partial charge on any atom is -0.507 e. The molecule has 1 saturated heterocycles. The van der Waals surface area contributed by atoms with Gasteiger partial charge in [0.25, 0.3) is 0 Å². The first kappa shape index (κ1) is 17.7. The van der Waals surface area contributed by atoms with Crippen LogP contribution in [0.5, 0.6) is 5.75 Å². The summed E-state index contributed by atoms with van der Waals surface area (Å²) in [5.41, 5.74) is 1.14. The molecule has 1 N–H and O–H groups in total. The lowest BCUT2D eigenvalue weighted by molar-refractivity contribution is 0.475. The summed E-state index contributed by atoms with van der Waals surface area (Å²) in [7, 11) is -3.48. The van der Waals surface area contributed by atoms with E-state index in [0.717, 1.165) is 23.6 Å². The fourth-order valence-electron chi connectivity index (χ4n) is 3.36. The van der Waals surface area contributed by atoms with Gasteiger partial charge in [-0.05, 0) is 47.9 Å². The maximum absolute atomic E-state index is 12.7. The zero-order valence-electron chi connectivity index (χ0n) is 14.7. The van der Waals surface area contributed by atoms with Gasteiger partial charge in [-0.1, -0.05) is 36.4 Å². The highest BCUT2D eigenvalue weighted by Crippen LogP contribution is 2.27. The fraction of sp³-hybridized carbons (Fsp3) is 0.190. The molecule has 4 rings (SSSR count). The van der Waals surface area contributed by atoms with Crippen molar-refractivity contribution in [1.82, 2.24) is 4.31 Å². The van der Waals surface area contributed by atoms with Gasteiger partial charge in [0.05, 0.1) is 10.6 Å². The molecule has 1 fully saturated rings. The van der Waals surface area contributed by atoms with Crippen LogP contribution in [-0.4, -0.2) is 37.1 Å². The summed E-state index contributed by atoms with van der Waals surface area (Å²) in [5.74, 6) is 0.137. The van der Waals surface area contributed by atoms with Crippen LogP contribution in [-0.2, 0) is 10.0 Å². The second-order valence-electron chi connectivity index (χ2n) is 6.59. The maximum atomic E-state index is 12.7. The SMILES string of the molecule is O=S(=O)(c1cccc(N=Cc2c(O)ccc3ccccc23)c1)N1CCCC1. The summed E-state index contributed by atoms with van der Waals surface area (Å²) in [5, 5.41) is 12.1. The molecule has 0 radical (unpaired) electrons. The highest BCUT2D eigenvalue weighted by Gasteiger charge is 2.27. The van der Waals surface area contributed by atoms with Crippen LogP contribution < -0.4 is 0 Å². The van der Waals surface area contributed by atoms with Gasteiger partial charge in [0.1, 0.15) is 5.75 Å². The van der Waals surface area contributed by atoms with Crippen molar-refractivity contribution in [2.24, 2.45) is 4.99 Å². The average molecular weight is 380 g/mol. The van der Waals surface area contributed by atoms with Crippen molar-refractivity contribution < 1.29 is 13.5 Å². The van der Waals surface area contributed by atoms with Crippen LogP contribution in [0.3, 0.4) is 0 Å². The molecule has 0 saturated carbocycles. The van der Waals surface area contributed by atoms with Crippen molar-refractivity contribution in [3.8, 4) is 5.75 Å². The molecule has 138 valence electrons. The summed E-state index contributed by atoms with van der Waals surface area (Å²) in [6.45, 7) is 1.14. The minimum absolute atomic E-state index is 0.137. The first-order valence-electron chi connectivity index (χ1n) is 8.91. The van der Waals surface area contributed by atoms with E-state index in [0.29, 0.717) is 24.3 Å². The standard InChI is InChI=1S/C21H20N2O3S/c24-21-11-10-16-6-1-2-9-19(16)20(21)15-22-17-7-5-8-18(14-17)27(25,26)23-12-3-4-13-23/h1-2,5-11,14-15,24H,3-4,12-13H2. The van der Waals surface area contributed by atoms with E-state index in [1.54, 1.807) is 36.5 Å². The quantitative estimate of drug-likeness (QED) is 0.693. The number of nitrogens with zero attached hydrogens (tertiary/aromatic N) is 2. The zero-order chi connectivity index (χ0) is 18.9. The molecule has 0 spiro atoms. The highest BCUT2D eigenvalue weighted by atomic mass is 32.2. The third-order valence-corrected chi connectivity index (χ3v) is 6.71. The molecule has 0 atom stereocenters. The molecule has 0 aliphatic carbocycles. The van der Waals surface area contributed by atoms with E-state index in [1.807, 2.05) is 30.3 Å². The number of aromatic hydroxyl groups is 1. The smallest absolute Gasteiger partial charge is 0.243 e. The third-order valence-electron chi connectivity index (χ3n) is 4.81. The zero-order valence-corrected chi connectivity index (χ0v) is 15.6. The second kappa shape index (κ2) is 7.13. The van der Waals surface area contributed by atoms with Crippen LogP contribution in [0, 0.1) is 0 Å². The number of fused-ring (bicyclic) bond motifs is 1. The topological polar surface area (TPSA) is 70.0 Å². The van der Waals surface area contributed by atoms with Crippen LogP contribution in [0.15, 0.2) is 70.6 Å². The van der Waals surface area contributed by atoms with Gasteiger partial charge in [0, 0.05) is 24.9 Å². The van der Waals surface area contributed by atoms with E-state index < -0.39 is 10.0 Å². The number of hydrogen-bond acceptors (Lipinski definition) is 4. The van der Waals surface area contributed by atoms with E-state index in [4.69, 9.17) is 0 Å². The summed E-state index contributed by atoms with van der Waals surface area (Å²) in [6, 6.07) is 17.8. The highest BCUT2D eigenvalue weighted by molar-refractivity contribution is 7.89. The summed E-state index contributed by atoms with van der Waals surface area (Å²) < 4.78 is 27.0. The molecule has 27 heavy (non-hydrogen) atoms. The molecular formula is C21H20N2O3S. The summed E-state index contributed by atoms with van der Waals surface area (Å²) in [4.78, 5) is 4.67. The Bertz CT molecular complexity index is 1120.